The Morgan fingerprint density at radius 1 is 1.29 bits per heavy atom. The molecule has 0 amide bonds. The number of nitrogens with one attached hydrogen (secondary N) is 1. The van der Waals surface area contributed by atoms with Crippen molar-refractivity contribution in [2.24, 2.45) is 4.99 Å². The lowest BCUT2D eigenvalue weighted by Gasteiger charge is -2.23. The van der Waals surface area contributed by atoms with E-state index in [2.05, 4.69) is 51.6 Å². The lowest BCUT2D eigenvalue weighted by atomic mass is 10.00. The van der Waals surface area contributed by atoms with Gasteiger partial charge in [-0.2, -0.15) is 0 Å². The highest BCUT2D eigenvalue weighted by Crippen LogP contribution is 2.22. The molecular formula is C18H27IN4O. The molecule has 24 heavy (non-hydrogen) atoms. The second-order valence-corrected chi connectivity index (χ2v) is 5.91. The number of aromatic nitrogens is 1. The van der Waals surface area contributed by atoms with Crippen LogP contribution in [0.2, 0.25) is 0 Å². The monoisotopic (exact) mass is 442 g/mol. The summed E-state index contributed by atoms with van der Waals surface area (Å²) in [5.41, 5.74) is 3.40. The minimum absolute atomic E-state index is 0. The van der Waals surface area contributed by atoms with Crippen molar-refractivity contribution >= 4 is 29.9 Å². The molecule has 0 saturated heterocycles. The number of benzene rings is 1. The molecule has 132 valence electrons. The zero-order valence-corrected chi connectivity index (χ0v) is 17.4. The van der Waals surface area contributed by atoms with Crippen LogP contribution in [-0.4, -0.2) is 36.7 Å². The summed E-state index contributed by atoms with van der Waals surface area (Å²) in [6, 6.07) is 10.4. The van der Waals surface area contributed by atoms with E-state index >= 15 is 0 Å². The van der Waals surface area contributed by atoms with Gasteiger partial charge < -0.3 is 14.7 Å². The fourth-order valence-corrected chi connectivity index (χ4v) is 2.86. The number of aryl methyl sites for hydroxylation is 2. The van der Waals surface area contributed by atoms with Crippen molar-refractivity contribution in [1.29, 1.82) is 0 Å². The maximum atomic E-state index is 5.26. The molecule has 1 heterocycles. The number of rotatable bonds is 5. The second-order valence-electron chi connectivity index (χ2n) is 5.91. The van der Waals surface area contributed by atoms with E-state index in [9.17, 15) is 0 Å². The van der Waals surface area contributed by atoms with Gasteiger partial charge in [0.05, 0.1) is 5.69 Å². The lowest BCUT2D eigenvalue weighted by Crippen LogP contribution is -2.40. The van der Waals surface area contributed by atoms with Crippen molar-refractivity contribution in [3.63, 3.8) is 0 Å². The van der Waals surface area contributed by atoms with Gasteiger partial charge in [-0.25, -0.2) is 0 Å². The van der Waals surface area contributed by atoms with Crippen LogP contribution in [0.3, 0.4) is 0 Å². The third kappa shape index (κ3) is 5.22. The molecule has 1 aromatic carbocycles. The smallest absolute Gasteiger partial charge is 0.193 e. The Morgan fingerprint density at radius 3 is 2.50 bits per heavy atom. The number of halogens is 1. The molecule has 0 aliphatic rings. The standard InChI is InChI=1S/C18H26N4O.HI/c1-13(17-14(2)21-23-15(17)3)11-20-18(19-4)22(5)12-16-9-7-6-8-10-16;/h6-10,13H,11-12H2,1-5H3,(H,19,20);1H. The Labute approximate surface area is 161 Å². The first-order valence-electron chi connectivity index (χ1n) is 7.91. The van der Waals surface area contributed by atoms with Gasteiger partial charge in [-0.3, -0.25) is 4.99 Å². The van der Waals surface area contributed by atoms with Gasteiger partial charge in [0.15, 0.2) is 5.96 Å². The van der Waals surface area contributed by atoms with Crippen molar-refractivity contribution in [1.82, 2.24) is 15.4 Å². The molecule has 2 aromatic rings. The highest BCUT2D eigenvalue weighted by molar-refractivity contribution is 14.0. The molecule has 1 unspecified atom stereocenters. The third-order valence-corrected chi connectivity index (χ3v) is 3.98. The molecule has 0 aliphatic carbocycles. The summed E-state index contributed by atoms with van der Waals surface area (Å²) in [5.74, 6) is 2.08. The predicted octanol–water partition coefficient (Wildman–Crippen LogP) is 3.72. The van der Waals surface area contributed by atoms with Crippen LogP contribution in [0.1, 0.15) is 35.4 Å². The Kier molecular flexibility index (Phi) is 8.24. The van der Waals surface area contributed by atoms with E-state index < -0.39 is 0 Å². The first-order chi connectivity index (χ1) is 11.0. The summed E-state index contributed by atoms with van der Waals surface area (Å²) < 4.78 is 5.26. The van der Waals surface area contributed by atoms with Crippen LogP contribution in [0.25, 0.3) is 0 Å². The molecule has 5 nitrogen and oxygen atoms in total. The quantitative estimate of drug-likeness (QED) is 0.436. The summed E-state index contributed by atoms with van der Waals surface area (Å²) in [5, 5.41) is 7.47. The fraction of sp³-hybridized carbons (Fsp3) is 0.444. The first-order valence-corrected chi connectivity index (χ1v) is 7.91. The normalized spacial score (nSPS) is 12.5. The predicted molar refractivity (Wildman–Crippen MR) is 109 cm³/mol. The topological polar surface area (TPSA) is 53.7 Å². The highest BCUT2D eigenvalue weighted by atomic mass is 127. The Morgan fingerprint density at radius 2 is 1.96 bits per heavy atom. The zero-order valence-electron chi connectivity index (χ0n) is 15.0. The Bertz CT molecular complexity index is 635. The third-order valence-electron chi connectivity index (χ3n) is 3.98. The molecule has 1 atom stereocenters. The van der Waals surface area contributed by atoms with Crippen molar-refractivity contribution in [3.05, 3.63) is 52.9 Å². The van der Waals surface area contributed by atoms with Gasteiger partial charge in [0.1, 0.15) is 5.76 Å². The van der Waals surface area contributed by atoms with E-state index in [-0.39, 0.29) is 24.0 Å². The number of aliphatic imine (C=N–C) groups is 1. The summed E-state index contributed by atoms with van der Waals surface area (Å²) in [6.45, 7) is 7.72. The SMILES string of the molecule is CN=C(NCC(C)c1c(C)noc1C)N(C)Cc1ccccc1.I. The van der Waals surface area contributed by atoms with Gasteiger partial charge in [-0.1, -0.05) is 42.4 Å². The van der Waals surface area contributed by atoms with E-state index in [4.69, 9.17) is 4.52 Å². The van der Waals surface area contributed by atoms with Crippen LogP contribution in [0.4, 0.5) is 0 Å². The van der Waals surface area contributed by atoms with Crippen molar-refractivity contribution in [2.75, 3.05) is 20.6 Å². The van der Waals surface area contributed by atoms with Crippen LogP contribution >= 0.6 is 24.0 Å². The second kappa shape index (κ2) is 9.66. The minimum atomic E-state index is 0. The van der Waals surface area contributed by atoms with E-state index in [1.807, 2.05) is 34.0 Å². The largest absolute Gasteiger partial charge is 0.361 e. The molecule has 2 rings (SSSR count). The van der Waals surface area contributed by atoms with Crippen LogP contribution in [0, 0.1) is 13.8 Å². The summed E-state index contributed by atoms with van der Waals surface area (Å²) in [7, 11) is 3.85. The van der Waals surface area contributed by atoms with Gasteiger partial charge in [-0.15, -0.1) is 24.0 Å². The molecule has 0 saturated carbocycles. The molecular weight excluding hydrogens is 415 g/mol. The first kappa shape index (κ1) is 20.5. The average molecular weight is 442 g/mol. The minimum Gasteiger partial charge on any atom is -0.361 e. The molecule has 0 spiro atoms. The molecule has 1 aromatic heterocycles. The summed E-state index contributed by atoms with van der Waals surface area (Å²) >= 11 is 0. The van der Waals surface area contributed by atoms with E-state index in [0.717, 1.165) is 30.5 Å². The molecule has 0 fully saturated rings. The molecule has 1 N–H and O–H groups in total. The van der Waals surface area contributed by atoms with Crippen LogP contribution in [-0.2, 0) is 6.54 Å². The molecule has 6 heteroatoms. The van der Waals surface area contributed by atoms with Crippen LogP contribution in [0.15, 0.2) is 39.8 Å². The van der Waals surface area contributed by atoms with Crippen molar-refractivity contribution < 1.29 is 4.52 Å². The molecule has 0 aliphatic heterocycles. The molecule has 0 bridgehead atoms. The number of nitrogens with zero attached hydrogens (tertiary/aromatic N) is 3. The summed E-state index contributed by atoms with van der Waals surface area (Å²) in [6.07, 6.45) is 0. The van der Waals surface area contributed by atoms with Gasteiger partial charge in [0.2, 0.25) is 0 Å². The van der Waals surface area contributed by atoms with E-state index in [1.54, 1.807) is 0 Å². The maximum absolute atomic E-state index is 5.26. The van der Waals surface area contributed by atoms with E-state index in [1.165, 1.54) is 11.1 Å². The van der Waals surface area contributed by atoms with Crippen molar-refractivity contribution in [2.45, 2.75) is 33.2 Å². The summed E-state index contributed by atoms with van der Waals surface area (Å²) in [4.78, 5) is 6.50. The average Bonchev–Trinajstić information content (AvgIpc) is 2.87. The van der Waals surface area contributed by atoms with E-state index in [0.29, 0.717) is 5.92 Å². The Balaban J connectivity index is 0.00000288. The van der Waals surface area contributed by atoms with Crippen LogP contribution < -0.4 is 5.32 Å². The van der Waals surface area contributed by atoms with Gasteiger partial charge >= 0.3 is 0 Å². The van der Waals surface area contributed by atoms with Gasteiger partial charge in [0.25, 0.3) is 0 Å². The highest BCUT2D eigenvalue weighted by Gasteiger charge is 2.17. The zero-order chi connectivity index (χ0) is 16.8. The van der Waals surface area contributed by atoms with Crippen LogP contribution in [0.5, 0.6) is 0 Å². The van der Waals surface area contributed by atoms with Gasteiger partial charge in [0, 0.05) is 38.7 Å². The number of hydrogen-bond donors (Lipinski definition) is 1. The maximum Gasteiger partial charge on any atom is 0.193 e. The Hall–Kier alpha value is -1.57. The fourth-order valence-electron chi connectivity index (χ4n) is 2.86. The lowest BCUT2D eigenvalue weighted by molar-refractivity contribution is 0.391. The van der Waals surface area contributed by atoms with Crippen molar-refractivity contribution in [3.8, 4) is 0 Å². The molecule has 0 radical (unpaired) electrons. The number of hydrogen-bond acceptors (Lipinski definition) is 3. The number of guanidine groups is 1. The van der Waals surface area contributed by atoms with Gasteiger partial charge in [-0.05, 0) is 19.4 Å².